The van der Waals surface area contributed by atoms with Crippen LogP contribution < -0.4 is 5.73 Å². The van der Waals surface area contributed by atoms with Gasteiger partial charge in [0.25, 0.3) is 0 Å². The Morgan fingerprint density at radius 1 is 1.33 bits per heavy atom. The normalized spacial score (nSPS) is 13.5. The third-order valence-electron chi connectivity index (χ3n) is 3.19. The zero-order valence-electron chi connectivity index (χ0n) is 11.5. The highest BCUT2D eigenvalue weighted by Gasteiger charge is 2.35. The number of nitrogens with zero attached hydrogens (tertiary/aromatic N) is 1. The molecule has 0 aliphatic heterocycles. The van der Waals surface area contributed by atoms with Crippen molar-refractivity contribution in [2.24, 2.45) is 5.73 Å². The highest BCUT2D eigenvalue weighted by molar-refractivity contribution is 9.10. The van der Waals surface area contributed by atoms with Crippen molar-refractivity contribution in [1.29, 1.82) is 0 Å². The maximum Gasteiger partial charge on any atom is 0.416 e. The number of halogens is 4. The van der Waals surface area contributed by atoms with Gasteiger partial charge in [0.1, 0.15) is 0 Å². The molecule has 0 bridgehead atoms. The summed E-state index contributed by atoms with van der Waals surface area (Å²) in [6.45, 7) is 3.81. The Kier molecular flexibility index (Phi) is 4.75. The van der Waals surface area contributed by atoms with Gasteiger partial charge < -0.3 is 5.73 Å². The van der Waals surface area contributed by atoms with E-state index >= 15 is 0 Å². The maximum atomic E-state index is 13.1. The minimum absolute atomic E-state index is 0.0937. The molecule has 2 rings (SSSR count). The Morgan fingerprint density at radius 2 is 2.00 bits per heavy atom. The number of rotatable bonds is 3. The Balaban J connectivity index is 2.32. The number of thiazole rings is 1. The van der Waals surface area contributed by atoms with E-state index in [1.165, 1.54) is 17.4 Å². The van der Waals surface area contributed by atoms with E-state index in [0.29, 0.717) is 10.9 Å². The summed E-state index contributed by atoms with van der Waals surface area (Å²) in [5.41, 5.74) is 6.28. The molecule has 1 heterocycles. The van der Waals surface area contributed by atoms with Crippen molar-refractivity contribution in [2.75, 3.05) is 0 Å². The van der Waals surface area contributed by atoms with Gasteiger partial charge in [0.05, 0.1) is 16.3 Å². The summed E-state index contributed by atoms with van der Waals surface area (Å²) in [6, 6.07) is 3.32. The molecule has 21 heavy (non-hydrogen) atoms. The molecule has 0 aliphatic carbocycles. The maximum absolute atomic E-state index is 13.1. The molecule has 1 aromatic heterocycles. The van der Waals surface area contributed by atoms with Gasteiger partial charge in [0.15, 0.2) is 0 Å². The van der Waals surface area contributed by atoms with Gasteiger partial charge in [-0.1, -0.05) is 22.0 Å². The fourth-order valence-electron chi connectivity index (χ4n) is 2.02. The quantitative estimate of drug-likeness (QED) is 0.834. The molecule has 2 N–H and O–H groups in total. The Morgan fingerprint density at radius 3 is 2.52 bits per heavy atom. The zero-order chi connectivity index (χ0) is 15.8. The van der Waals surface area contributed by atoms with Crippen LogP contribution in [0.4, 0.5) is 13.2 Å². The first-order valence-electron chi connectivity index (χ1n) is 6.23. The van der Waals surface area contributed by atoms with E-state index in [1.807, 2.05) is 13.8 Å². The third kappa shape index (κ3) is 3.84. The number of aromatic nitrogens is 1. The van der Waals surface area contributed by atoms with Crippen molar-refractivity contribution in [1.82, 2.24) is 4.98 Å². The van der Waals surface area contributed by atoms with Crippen molar-refractivity contribution in [2.45, 2.75) is 32.5 Å². The molecule has 7 heteroatoms. The minimum Gasteiger partial charge on any atom is -0.324 e. The lowest BCUT2D eigenvalue weighted by atomic mass is 9.98. The molecular weight excluding hydrogens is 365 g/mol. The molecule has 2 nitrogen and oxygen atoms in total. The van der Waals surface area contributed by atoms with Crippen LogP contribution in [-0.4, -0.2) is 4.98 Å². The Hall–Kier alpha value is -0.920. The van der Waals surface area contributed by atoms with E-state index in [-0.39, 0.29) is 5.56 Å². The summed E-state index contributed by atoms with van der Waals surface area (Å²) >= 11 is 4.54. The number of benzene rings is 1. The fraction of sp³-hybridized carbons (Fsp3) is 0.357. The lowest BCUT2D eigenvalue weighted by Crippen LogP contribution is -2.19. The molecule has 1 atom stereocenters. The number of nitrogens with two attached hydrogens (primary N) is 1. The zero-order valence-corrected chi connectivity index (χ0v) is 13.9. The molecule has 1 unspecified atom stereocenters. The number of aryl methyl sites for hydroxylation is 2. The van der Waals surface area contributed by atoms with Crippen molar-refractivity contribution in [3.63, 3.8) is 0 Å². The summed E-state index contributed by atoms with van der Waals surface area (Å²) in [7, 11) is 0. The first-order valence-corrected chi connectivity index (χ1v) is 7.84. The molecule has 114 valence electrons. The molecule has 0 saturated carbocycles. The summed E-state index contributed by atoms with van der Waals surface area (Å²) in [5.74, 6) is 0. The van der Waals surface area contributed by atoms with E-state index < -0.39 is 17.8 Å². The van der Waals surface area contributed by atoms with Gasteiger partial charge >= 0.3 is 6.18 Å². The van der Waals surface area contributed by atoms with E-state index in [2.05, 4.69) is 20.9 Å². The van der Waals surface area contributed by atoms with E-state index in [1.54, 1.807) is 6.07 Å². The van der Waals surface area contributed by atoms with Gasteiger partial charge in [-0.25, -0.2) is 4.98 Å². The third-order valence-corrected chi connectivity index (χ3v) is 4.78. The van der Waals surface area contributed by atoms with Gasteiger partial charge in [-0.05, 0) is 31.5 Å². The van der Waals surface area contributed by atoms with Gasteiger partial charge in [0.2, 0.25) is 0 Å². The fourth-order valence-corrected chi connectivity index (χ4v) is 3.38. The first-order chi connectivity index (χ1) is 9.68. The molecule has 0 radical (unpaired) electrons. The average Bonchev–Trinajstić information content (AvgIpc) is 2.66. The van der Waals surface area contributed by atoms with Crippen LogP contribution in [0.2, 0.25) is 0 Å². The second-order valence-corrected chi connectivity index (χ2v) is 6.99. The lowest BCUT2D eigenvalue weighted by Gasteiger charge is -2.18. The van der Waals surface area contributed by atoms with Crippen molar-refractivity contribution < 1.29 is 13.2 Å². The standard InChI is InChI=1S/C14H14BrF3N2S/c1-7-8(2)21-13(20-7)6-12(19)10-4-3-9(15)5-11(10)14(16,17)18/h3-5,12H,6,19H2,1-2H3. The first kappa shape index (κ1) is 16.5. The van der Waals surface area contributed by atoms with Gasteiger partial charge in [-0.3, -0.25) is 0 Å². The van der Waals surface area contributed by atoms with E-state index in [0.717, 1.165) is 21.6 Å². The van der Waals surface area contributed by atoms with E-state index in [4.69, 9.17) is 5.73 Å². The molecular formula is C14H14BrF3N2S. The summed E-state index contributed by atoms with van der Waals surface area (Å²) in [6.07, 6.45) is -4.13. The van der Waals surface area contributed by atoms with Crippen LogP contribution in [-0.2, 0) is 12.6 Å². The second-order valence-electron chi connectivity index (χ2n) is 4.79. The molecule has 0 aliphatic rings. The van der Waals surface area contributed by atoms with Gasteiger partial charge in [-0.15, -0.1) is 11.3 Å². The lowest BCUT2D eigenvalue weighted by molar-refractivity contribution is -0.138. The van der Waals surface area contributed by atoms with Crippen LogP contribution in [0.25, 0.3) is 0 Å². The minimum atomic E-state index is -4.43. The molecule has 0 saturated heterocycles. The summed E-state index contributed by atoms with van der Waals surface area (Å²) in [5, 5.41) is 0.758. The molecule has 0 fully saturated rings. The molecule has 0 spiro atoms. The SMILES string of the molecule is Cc1nc(CC(N)c2ccc(Br)cc2C(F)(F)F)sc1C. The summed E-state index contributed by atoms with van der Waals surface area (Å²) in [4.78, 5) is 5.39. The highest BCUT2D eigenvalue weighted by Crippen LogP contribution is 2.36. The van der Waals surface area contributed by atoms with Crippen LogP contribution in [0.5, 0.6) is 0 Å². The second kappa shape index (κ2) is 6.06. The smallest absolute Gasteiger partial charge is 0.324 e. The Labute approximate surface area is 133 Å². The summed E-state index contributed by atoms with van der Waals surface area (Å²) < 4.78 is 39.7. The van der Waals surface area contributed by atoms with E-state index in [9.17, 15) is 13.2 Å². The number of alkyl halides is 3. The monoisotopic (exact) mass is 378 g/mol. The highest BCUT2D eigenvalue weighted by atomic mass is 79.9. The predicted octanol–water partition coefficient (Wildman–Crippen LogP) is 4.78. The van der Waals surface area contributed by atoms with Crippen molar-refractivity contribution >= 4 is 27.3 Å². The topological polar surface area (TPSA) is 38.9 Å². The Bertz CT molecular complexity index is 633. The van der Waals surface area contributed by atoms with Gasteiger partial charge in [-0.2, -0.15) is 13.2 Å². The molecule has 2 aromatic rings. The largest absolute Gasteiger partial charge is 0.416 e. The van der Waals surface area contributed by atoms with Crippen LogP contribution in [0, 0.1) is 13.8 Å². The van der Waals surface area contributed by atoms with Crippen LogP contribution in [0.1, 0.15) is 32.7 Å². The van der Waals surface area contributed by atoms with Crippen LogP contribution in [0.15, 0.2) is 22.7 Å². The predicted molar refractivity (Wildman–Crippen MR) is 81.4 cm³/mol. The van der Waals surface area contributed by atoms with Crippen LogP contribution >= 0.6 is 27.3 Å². The number of hydrogen-bond donors (Lipinski definition) is 1. The van der Waals surface area contributed by atoms with Crippen LogP contribution in [0.3, 0.4) is 0 Å². The van der Waals surface area contributed by atoms with Crippen molar-refractivity contribution in [3.8, 4) is 0 Å². The van der Waals surface area contributed by atoms with Gasteiger partial charge in [0, 0.05) is 21.8 Å². The van der Waals surface area contributed by atoms with Crippen molar-refractivity contribution in [3.05, 3.63) is 49.4 Å². The molecule has 0 amide bonds. The number of hydrogen-bond acceptors (Lipinski definition) is 3. The average molecular weight is 379 g/mol. The molecule has 1 aromatic carbocycles.